The average Bonchev–Trinajstić information content (AvgIpc) is 2.75. The van der Waals surface area contributed by atoms with Gasteiger partial charge in [0.25, 0.3) is 5.91 Å². The van der Waals surface area contributed by atoms with Gasteiger partial charge < -0.3 is 15.4 Å². The van der Waals surface area contributed by atoms with E-state index in [1.165, 1.54) is 6.92 Å². The molecule has 170 valence electrons. The summed E-state index contributed by atoms with van der Waals surface area (Å²) in [5, 5.41) is 7.07. The fourth-order valence-corrected chi connectivity index (χ4v) is 3.72. The van der Waals surface area contributed by atoms with Crippen molar-refractivity contribution < 1.29 is 23.9 Å². The summed E-state index contributed by atoms with van der Waals surface area (Å²) in [6, 6.07) is 8.19. The van der Waals surface area contributed by atoms with Gasteiger partial charge in [-0.1, -0.05) is 69.0 Å². The third-order valence-electron chi connectivity index (χ3n) is 5.39. The van der Waals surface area contributed by atoms with Crippen molar-refractivity contribution >= 4 is 23.4 Å². The first-order chi connectivity index (χ1) is 14.9. The lowest BCUT2D eigenvalue weighted by Crippen LogP contribution is -2.47. The first kappa shape index (κ1) is 24.7. The maximum Gasteiger partial charge on any atom is 0.302 e. The van der Waals surface area contributed by atoms with Gasteiger partial charge in [-0.3, -0.25) is 19.2 Å². The van der Waals surface area contributed by atoms with Crippen LogP contribution in [0, 0.1) is 0 Å². The Morgan fingerprint density at radius 3 is 2.58 bits per heavy atom. The van der Waals surface area contributed by atoms with Crippen LogP contribution in [0.3, 0.4) is 0 Å². The fraction of sp³-hybridized carbons (Fsp3) is 0.583. The van der Waals surface area contributed by atoms with Crippen LogP contribution >= 0.6 is 0 Å². The second-order valence-corrected chi connectivity index (χ2v) is 8.05. The van der Waals surface area contributed by atoms with Gasteiger partial charge in [0.05, 0.1) is 12.1 Å². The van der Waals surface area contributed by atoms with Crippen molar-refractivity contribution in [3.8, 4) is 0 Å². The minimum atomic E-state index is -0.813. The van der Waals surface area contributed by atoms with Gasteiger partial charge in [-0.05, 0) is 18.4 Å². The second kappa shape index (κ2) is 13.0. The summed E-state index contributed by atoms with van der Waals surface area (Å²) in [7, 11) is 0. The Labute approximate surface area is 184 Å². The molecule has 7 heteroatoms. The van der Waals surface area contributed by atoms with Crippen LogP contribution < -0.4 is 5.32 Å². The minimum absolute atomic E-state index is 0.0211. The molecule has 0 bridgehead atoms. The Morgan fingerprint density at radius 2 is 1.94 bits per heavy atom. The minimum Gasteiger partial charge on any atom is -0.650 e. The highest BCUT2D eigenvalue weighted by molar-refractivity contribution is 6.39. The van der Waals surface area contributed by atoms with Gasteiger partial charge in [0.15, 0.2) is 5.78 Å². The van der Waals surface area contributed by atoms with Crippen LogP contribution in [0.2, 0.25) is 0 Å². The topological polar surface area (TPSA) is 104 Å². The SMILES string of the molecule is CCCC[C@H]([N-]C[C@H](Cc1ccccc1)OC(C)=O)C(=O)C(=O)N[C@H]1CCCCC1=O. The lowest BCUT2D eigenvalue weighted by atomic mass is 9.93. The van der Waals surface area contributed by atoms with E-state index < -0.39 is 35.8 Å². The molecule has 3 atom stereocenters. The summed E-state index contributed by atoms with van der Waals surface area (Å²) in [6.07, 6.45) is 4.70. The van der Waals surface area contributed by atoms with E-state index >= 15 is 0 Å². The summed E-state index contributed by atoms with van der Waals surface area (Å²) in [4.78, 5) is 48.8. The molecule has 1 aliphatic carbocycles. The highest BCUT2D eigenvalue weighted by Gasteiger charge is 2.27. The normalized spacial score (nSPS) is 18.1. The standard InChI is InChI=1S/C24H33N2O5/c1-3-4-12-21(23(29)24(30)26-20-13-8-9-14-22(20)28)25-16-19(31-17(2)27)15-18-10-6-5-7-11-18/h5-7,10-11,19-21H,3-4,8-9,12-16H2,1-2H3,(H,26,30)/q-1/t19-,20-,21-/m0/s1. The van der Waals surface area contributed by atoms with Crippen LogP contribution in [0.4, 0.5) is 0 Å². The molecule has 1 amide bonds. The molecule has 1 aliphatic rings. The molecular formula is C24H33N2O5-. The lowest BCUT2D eigenvalue weighted by Gasteiger charge is -2.34. The molecular weight excluding hydrogens is 396 g/mol. The summed E-state index contributed by atoms with van der Waals surface area (Å²) >= 11 is 0. The number of carbonyl (C=O) groups is 4. The number of ether oxygens (including phenoxy) is 1. The zero-order valence-corrected chi connectivity index (χ0v) is 18.5. The Hall–Kier alpha value is -2.54. The molecule has 0 unspecified atom stereocenters. The number of rotatable bonds is 12. The van der Waals surface area contributed by atoms with E-state index in [0.29, 0.717) is 25.7 Å². The first-order valence-corrected chi connectivity index (χ1v) is 11.2. The monoisotopic (exact) mass is 429 g/mol. The van der Waals surface area contributed by atoms with Gasteiger partial charge in [0, 0.05) is 19.8 Å². The fourth-order valence-electron chi connectivity index (χ4n) is 3.72. The number of esters is 1. The van der Waals surface area contributed by atoms with Crippen molar-refractivity contribution in [3.05, 3.63) is 41.2 Å². The number of hydrogen-bond donors (Lipinski definition) is 1. The number of unbranched alkanes of at least 4 members (excludes halogenated alkanes) is 1. The average molecular weight is 430 g/mol. The number of Topliss-reactive ketones (excluding diaryl/α,β-unsaturated/α-hetero) is 2. The predicted molar refractivity (Wildman–Crippen MR) is 118 cm³/mol. The van der Waals surface area contributed by atoms with Crippen molar-refractivity contribution in [2.75, 3.05) is 6.54 Å². The van der Waals surface area contributed by atoms with Gasteiger partial charge in [-0.15, -0.1) is 6.54 Å². The highest BCUT2D eigenvalue weighted by Crippen LogP contribution is 2.18. The van der Waals surface area contributed by atoms with E-state index in [2.05, 4.69) is 10.6 Å². The van der Waals surface area contributed by atoms with Crippen molar-refractivity contribution in [1.29, 1.82) is 0 Å². The van der Waals surface area contributed by atoms with E-state index in [1.54, 1.807) is 0 Å². The quantitative estimate of drug-likeness (QED) is 0.406. The largest absolute Gasteiger partial charge is 0.650 e. The molecule has 1 aromatic rings. The number of amides is 1. The van der Waals surface area contributed by atoms with E-state index in [1.807, 2.05) is 37.3 Å². The summed E-state index contributed by atoms with van der Waals surface area (Å²) in [6.45, 7) is 3.47. The van der Waals surface area contributed by atoms with Gasteiger partial charge in [-0.2, -0.15) is 0 Å². The van der Waals surface area contributed by atoms with Crippen LogP contribution in [-0.2, 0) is 30.3 Å². The molecule has 0 saturated heterocycles. The highest BCUT2D eigenvalue weighted by atomic mass is 16.5. The van der Waals surface area contributed by atoms with Crippen LogP contribution in [0.25, 0.3) is 5.32 Å². The van der Waals surface area contributed by atoms with E-state index in [9.17, 15) is 19.2 Å². The van der Waals surface area contributed by atoms with Crippen LogP contribution in [0.15, 0.2) is 30.3 Å². The number of nitrogens with one attached hydrogen (secondary N) is 1. The maximum atomic E-state index is 12.8. The molecule has 2 rings (SSSR count). The van der Waals surface area contributed by atoms with Crippen molar-refractivity contribution in [2.24, 2.45) is 0 Å². The second-order valence-electron chi connectivity index (χ2n) is 8.05. The van der Waals surface area contributed by atoms with Crippen molar-refractivity contribution in [2.45, 2.75) is 83.4 Å². The van der Waals surface area contributed by atoms with Gasteiger partial charge >= 0.3 is 5.97 Å². The van der Waals surface area contributed by atoms with Crippen molar-refractivity contribution in [1.82, 2.24) is 5.32 Å². The molecule has 0 radical (unpaired) electrons. The molecule has 0 heterocycles. The molecule has 31 heavy (non-hydrogen) atoms. The zero-order valence-electron chi connectivity index (χ0n) is 18.5. The molecule has 1 saturated carbocycles. The smallest absolute Gasteiger partial charge is 0.302 e. The molecule has 1 aromatic carbocycles. The molecule has 0 aliphatic heterocycles. The summed E-state index contributed by atoms with van der Waals surface area (Å²) < 4.78 is 5.40. The summed E-state index contributed by atoms with van der Waals surface area (Å²) in [5.74, 6) is -1.82. The van der Waals surface area contributed by atoms with Gasteiger partial charge in [-0.25, -0.2) is 0 Å². The van der Waals surface area contributed by atoms with Crippen molar-refractivity contribution in [3.63, 3.8) is 0 Å². The first-order valence-electron chi connectivity index (χ1n) is 11.2. The predicted octanol–water partition coefficient (Wildman–Crippen LogP) is 3.29. The zero-order chi connectivity index (χ0) is 22.6. The van der Waals surface area contributed by atoms with Crippen LogP contribution in [-0.4, -0.2) is 48.2 Å². The number of nitrogens with zero attached hydrogens (tertiary/aromatic N) is 1. The molecule has 0 spiro atoms. The number of benzene rings is 1. The summed E-state index contributed by atoms with van der Waals surface area (Å²) in [5.41, 5.74) is 0.994. The third kappa shape index (κ3) is 8.61. The number of ketones is 2. The molecule has 1 N–H and O–H groups in total. The lowest BCUT2D eigenvalue weighted by molar-refractivity contribution is -0.145. The third-order valence-corrected chi connectivity index (χ3v) is 5.39. The Kier molecular flexibility index (Phi) is 10.4. The maximum absolute atomic E-state index is 12.8. The number of hydrogen-bond acceptors (Lipinski definition) is 5. The van der Waals surface area contributed by atoms with E-state index in [0.717, 1.165) is 31.2 Å². The van der Waals surface area contributed by atoms with E-state index in [-0.39, 0.29) is 12.3 Å². The Balaban J connectivity index is 1.99. The molecule has 0 aromatic heterocycles. The van der Waals surface area contributed by atoms with E-state index in [4.69, 9.17) is 4.74 Å². The molecule has 7 nitrogen and oxygen atoms in total. The molecule has 1 fully saturated rings. The van der Waals surface area contributed by atoms with Gasteiger partial charge in [0.2, 0.25) is 5.78 Å². The van der Waals surface area contributed by atoms with Crippen LogP contribution in [0.1, 0.15) is 64.4 Å². The van der Waals surface area contributed by atoms with Gasteiger partial charge in [0.1, 0.15) is 0 Å². The number of carbonyl (C=O) groups excluding carboxylic acids is 4. The Morgan fingerprint density at radius 1 is 1.19 bits per heavy atom. The Bertz CT molecular complexity index is 750. The van der Waals surface area contributed by atoms with Crippen LogP contribution in [0.5, 0.6) is 0 Å².